The van der Waals surface area contributed by atoms with Crippen molar-refractivity contribution in [3.05, 3.63) is 18.2 Å². The summed E-state index contributed by atoms with van der Waals surface area (Å²) in [6.07, 6.45) is 9.12. The van der Waals surface area contributed by atoms with Gasteiger partial charge in [-0.15, -0.1) is 0 Å². The van der Waals surface area contributed by atoms with Gasteiger partial charge in [0, 0.05) is 37.7 Å². The number of nitrogens with zero attached hydrogens (tertiary/aromatic N) is 2. The average Bonchev–Trinajstić information content (AvgIpc) is 3.09. The first-order valence-electron chi connectivity index (χ1n) is 7.75. The molecule has 2 aliphatic rings. The number of aryl methyl sites for hydroxylation is 1. The Kier molecular flexibility index (Phi) is 4.10. The van der Waals surface area contributed by atoms with Crippen LogP contribution in [0.1, 0.15) is 44.5 Å². The van der Waals surface area contributed by atoms with E-state index < -0.39 is 0 Å². The highest BCUT2D eigenvalue weighted by Gasteiger charge is 2.45. The van der Waals surface area contributed by atoms with Crippen LogP contribution in [0, 0.1) is 0 Å². The standard InChI is InChI=1S/C15H25N3O2/c1-3-4-14-17-7-8-18(14)13-11-15(19-9-10-20-15)6-5-12(13)16-2/h7-8,12-13,16H,3-6,9-11H2,1-2H3. The van der Waals surface area contributed by atoms with E-state index in [0.717, 1.165) is 45.3 Å². The molecule has 1 N–H and O–H groups in total. The molecule has 0 bridgehead atoms. The predicted octanol–water partition coefficient (Wildman–Crippen LogP) is 1.89. The molecule has 112 valence electrons. The number of hydrogen-bond donors (Lipinski definition) is 1. The summed E-state index contributed by atoms with van der Waals surface area (Å²) < 4.78 is 14.2. The summed E-state index contributed by atoms with van der Waals surface area (Å²) >= 11 is 0. The SMILES string of the molecule is CCCc1nccn1C1CC2(CCC1NC)OCCO2. The molecule has 0 radical (unpaired) electrons. The molecular formula is C15H25N3O2. The first kappa shape index (κ1) is 14.0. The third-order valence-corrected chi connectivity index (χ3v) is 4.58. The molecule has 2 atom stereocenters. The molecule has 1 aliphatic carbocycles. The maximum atomic E-state index is 5.92. The number of likely N-dealkylation sites (N-methyl/N-ethyl adjacent to an activating group) is 1. The Bertz CT molecular complexity index is 440. The van der Waals surface area contributed by atoms with Crippen LogP contribution in [0.4, 0.5) is 0 Å². The summed E-state index contributed by atoms with van der Waals surface area (Å²) in [7, 11) is 2.04. The van der Waals surface area contributed by atoms with E-state index >= 15 is 0 Å². The van der Waals surface area contributed by atoms with Crippen molar-refractivity contribution in [3.8, 4) is 0 Å². The minimum Gasteiger partial charge on any atom is -0.347 e. The number of imidazole rings is 1. The maximum absolute atomic E-state index is 5.92. The third-order valence-electron chi connectivity index (χ3n) is 4.58. The normalized spacial score (nSPS) is 29.1. The van der Waals surface area contributed by atoms with Gasteiger partial charge in [0.05, 0.1) is 19.3 Å². The van der Waals surface area contributed by atoms with E-state index in [1.54, 1.807) is 0 Å². The van der Waals surface area contributed by atoms with Crippen molar-refractivity contribution in [3.63, 3.8) is 0 Å². The largest absolute Gasteiger partial charge is 0.347 e. The zero-order chi connectivity index (χ0) is 14.0. The second-order valence-corrected chi connectivity index (χ2v) is 5.81. The third kappa shape index (κ3) is 2.50. The second kappa shape index (κ2) is 5.84. The van der Waals surface area contributed by atoms with E-state index in [1.165, 1.54) is 5.82 Å². The molecule has 1 aromatic rings. The van der Waals surface area contributed by atoms with Crippen LogP contribution < -0.4 is 5.32 Å². The highest BCUT2D eigenvalue weighted by Crippen LogP contribution is 2.41. The molecule has 0 aromatic carbocycles. The molecule has 1 aliphatic heterocycles. The lowest BCUT2D eigenvalue weighted by Crippen LogP contribution is -2.48. The molecule has 5 heteroatoms. The molecule has 20 heavy (non-hydrogen) atoms. The number of rotatable bonds is 4. The van der Waals surface area contributed by atoms with E-state index in [0.29, 0.717) is 12.1 Å². The highest BCUT2D eigenvalue weighted by molar-refractivity contribution is 5.02. The lowest BCUT2D eigenvalue weighted by molar-refractivity contribution is -0.188. The molecule has 5 nitrogen and oxygen atoms in total. The van der Waals surface area contributed by atoms with Gasteiger partial charge in [-0.3, -0.25) is 0 Å². The Hall–Kier alpha value is -0.910. The van der Waals surface area contributed by atoms with Gasteiger partial charge >= 0.3 is 0 Å². The zero-order valence-electron chi connectivity index (χ0n) is 12.5. The van der Waals surface area contributed by atoms with Crippen LogP contribution in [0.15, 0.2) is 12.4 Å². The summed E-state index contributed by atoms with van der Waals surface area (Å²) in [5, 5.41) is 3.46. The monoisotopic (exact) mass is 279 g/mol. The van der Waals surface area contributed by atoms with Gasteiger partial charge in [0.25, 0.3) is 0 Å². The van der Waals surface area contributed by atoms with E-state index in [9.17, 15) is 0 Å². The number of aromatic nitrogens is 2. The van der Waals surface area contributed by atoms with Crippen molar-refractivity contribution < 1.29 is 9.47 Å². The first-order chi connectivity index (χ1) is 9.78. The Labute approximate surface area is 120 Å². The lowest BCUT2D eigenvalue weighted by Gasteiger charge is -2.42. The summed E-state index contributed by atoms with van der Waals surface area (Å²) in [6.45, 7) is 3.64. The van der Waals surface area contributed by atoms with Crippen molar-refractivity contribution >= 4 is 0 Å². The van der Waals surface area contributed by atoms with Crippen LogP contribution in [0.3, 0.4) is 0 Å². The minimum atomic E-state index is -0.355. The predicted molar refractivity (Wildman–Crippen MR) is 76.6 cm³/mol. The van der Waals surface area contributed by atoms with Crippen molar-refractivity contribution in [2.75, 3.05) is 20.3 Å². The van der Waals surface area contributed by atoms with Gasteiger partial charge in [0.1, 0.15) is 5.82 Å². The van der Waals surface area contributed by atoms with Crippen LogP contribution in [-0.2, 0) is 15.9 Å². The number of ether oxygens (including phenoxy) is 2. The molecule has 1 saturated carbocycles. The van der Waals surface area contributed by atoms with Gasteiger partial charge in [-0.25, -0.2) is 4.98 Å². The molecule has 1 spiro atoms. The van der Waals surface area contributed by atoms with Gasteiger partial charge in [0.15, 0.2) is 5.79 Å². The van der Waals surface area contributed by atoms with Crippen molar-refractivity contribution in [2.45, 2.75) is 56.9 Å². The van der Waals surface area contributed by atoms with Gasteiger partial charge < -0.3 is 19.4 Å². The average molecular weight is 279 g/mol. The second-order valence-electron chi connectivity index (χ2n) is 5.81. The Morgan fingerprint density at radius 3 is 2.95 bits per heavy atom. The molecule has 2 fully saturated rings. The van der Waals surface area contributed by atoms with Crippen molar-refractivity contribution in [2.24, 2.45) is 0 Å². The summed E-state index contributed by atoms with van der Waals surface area (Å²) in [5.74, 6) is 0.819. The molecular weight excluding hydrogens is 254 g/mol. The van der Waals surface area contributed by atoms with Gasteiger partial charge in [-0.1, -0.05) is 6.92 Å². The Balaban J connectivity index is 1.84. The van der Waals surface area contributed by atoms with Gasteiger partial charge in [-0.05, 0) is 19.9 Å². The highest BCUT2D eigenvalue weighted by atomic mass is 16.7. The summed E-state index contributed by atoms with van der Waals surface area (Å²) in [5.41, 5.74) is 0. The smallest absolute Gasteiger partial charge is 0.170 e. The van der Waals surface area contributed by atoms with Crippen LogP contribution in [0.2, 0.25) is 0 Å². The van der Waals surface area contributed by atoms with E-state index in [1.807, 2.05) is 13.2 Å². The molecule has 1 saturated heterocycles. The Morgan fingerprint density at radius 2 is 2.25 bits per heavy atom. The molecule has 2 heterocycles. The van der Waals surface area contributed by atoms with Crippen molar-refractivity contribution in [1.82, 2.24) is 14.9 Å². The fourth-order valence-electron chi connectivity index (χ4n) is 3.58. The first-order valence-corrected chi connectivity index (χ1v) is 7.75. The van der Waals surface area contributed by atoms with Gasteiger partial charge in [-0.2, -0.15) is 0 Å². The van der Waals surface area contributed by atoms with Crippen molar-refractivity contribution in [1.29, 1.82) is 0 Å². The maximum Gasteiger partial charge on any atom is 0.170 e. The fourth-order valence-corrected chi connectivity index (χ4v) is 3.58. The van der Waals surface area contributed by atoms with Crippen LogP contribution in [0.25, 0.3) is 0 Å². The van der Waals surface area contributed by atoms with Crippen LogP contribution in [0.5, 0.6) is 0 Å². The van der Waals surface area contributed by atoms with Gasteiger partial charge in [0.2, 0.25) is 0 Å². The minimum absolute atomic E-state index is 0.355. The summed E-state index contributed by atoms with van der Waals surface area (Å²) in [4.78, 5) is 4.52. The molecule has 3 rings (SSSR count). The lowest BCUT2D eigenvalue weighted by atomic mass is 9.85. The molecule has 0 amide bonds. The molecule has 1 aromatic heterocycles. The van der Waals surface area contributed by atoms with Crippen LogP contribution >= 0.6 is 0 Å². The van der Waals surface area contributed by atoms with E-state index in [4.69, 9.17) is 9.47 Å². The topological polar surface area (TPSA) is 48.3 Å². The quantitative estimate of drug-likeness (QED) is 0.914. The molecule has 2 unspecified atom stereocenters. The zero-order valence-corrected chi connectivity index (χ0v) is 12.5. The van der Waals surface area contributed by atoms with Crippen LogP contribution in [-0.4, -0.2) is 41.6 Å². The Morgan fingerprint density at radius 1 is 1.45 bits per heavy atom. The number of hydrogen-bond acceptors (Lipinski definition) is 4. The fraction of sp³-hybridized carbons (Fsp3) is 0.800. The summed E-state index contributed by atoms with van der Waals surface area (Å²) in [6, 6.07) is 0.814. The van der Waals surface area contributed by atoms with E-state index in [-0.39, 0.29) is 5.79 Å². The number of nitrogens with one attached hydrogen (secondary N) is 1. The van der Waals surface area contributed by atoms with E-state index in [2.05, 4.69) is 28.0 Å².